The molecule has 3 heterocycles. The lowest BCUT2D eigenvalue weighted by atomic mass is 10.1. The molecule has 1 N–H and O–H groups in total. The molecule has 2 aromatic carbocycles. The number of thiophene rings is 1. The van der Waals surface area contributed by atoms with Crippen LogP contribution in [0.5, 0.6) is 5.75 Å². The van der Waals surface area contributed by atoms with Crippen molar-refractivity contribution >= 4 is 22.2 Å². The van der Waals surface area contributed by atoms with Gasteiger partial charge in [0.25, 0.3) is 5.56 Å². The van der Waals surface area contributed by atoms with Crippen LogP contribution in [0.25, 0.3) is 10.9 Å². The molecular weight excluding hydrogens is 484 g/mol. The lowest BCUT2D eigenvalue weighted by molar-refractivity contribution is 0.163. The highest BCUT2D eigenvalue weighted by molar-refractivity contribution is 7.09. The monoisotopic (exact) mass is 514 g/mol. The van der Waals surface area contributed by atoms with E-state index < -0.39 is 0 Å². The highest BCUT2D eigenvalue weighted by Crippen LogP contribution is 2.28. The fraction of sp³-hybridized carbons (Fsp3) is 0.286. The summed E-state index contributed by atoms with van der Waals surface area (Å²) in [6.45, 7) is 5.87. The largest absolute Gasteiger partial charge is 0.497 e. The van der Waals surface area contributed by atoms with E-state index in [0.717, 1.165) is 45.6 Å². The molecule has 5 rings (SSSR count). The number of tetrazole rings is 1. The van der Waals surface area contributed by atoms with Gasteiger partial charge in [0, 0.05) is 29.0 Å². The lowest BCUT2D eigenvalue weighted by Crippen LogP contribution is -2.32. The predicted octanol–water partition coefficient (Wildman–Crippen LogP) is 5.09. The van der Waals surface area contributed by atoms with Crippen molar-refractivity contribution in [3.8, 4) is 5.75 Å². The van der Waals surface area contributed by atoms with Crippen LogP contribution in [0, 0.1) is 6.92 Å². The van der Waals surface area contributed by atoms with Crippen LogP contribution in [0.1, 0.15) is 46.8 Å². The first-order valence-corrected chi connectivity index (χ1v) is 13.2. The number of hydrogen-bond acceptors (Lipinski definition) is 7. The van der Waals surface area contributed by atoms with Crippen LogP contribution in [-0.2, 0) is 19.6 Å². The van der Waals surface area contributed by atoms with Crippen molar-refractivity contribution < 1.29 is 4.74 Å². The van der Waals surface area contributed by atoms with Crippen LogP contribution in [-0.4, -0.2) is 37.2 Å². The zero-order valence-electron chi connectivity index (χ0n) is 21.2. The van der Waals surface area contributed by atoms with Gasteiger partial charge >= 0.3 is 0 Å². The minimum Gasteiger partial charge on any atom is -0.497 e. The van der Waals surface area contributed by atoms with Gasteiger partial charge in [0.2, 0.25) is 0 Å². The number of methoxy groups -OCH3 is 1. The maximum Gasteiger partial charge on any atom is 0.252 e. The summed E-state index contributed by atoms with van der Waals surface area (Å²) in [4.78, 5) is 19.7. The van der Waals surface area contributed by atoms with E-state index in [4.69, 9.17) is 4.74 Å². The smallest absolute Gasteiger partial charge is 0.252 e. The number of pyridine rings is 1. The Labute approximate surface area is 219 Å². The Morgan fingerprint density at radius 3 is 2.68 bits per heavy atom. The van der Waals surface area contributed by atoms with E-state index >= 15 is 0 Å². The van der Waals surface area contributed by atoms with Gasteiger partial charge in [0.15, 0.2) is 5.82 Å². The van der Waals surface area contributed by atoms with Gasteiger partial charge in [-0.3, -0.25) is 9.69 Å². The third kappa shape index (κ3) is 5.63. The number of ether oxygens (including phenoxy) is 1. The number of H-pyrrole nitrogens is 1. The Balaban J connectivity index is 1.48. The number of hydrogen-bond donors (Lipinski definition) is 1. The second kappa shape index (κ2) is 11.1. The van der Waals surface area contributed by atoms with Crippen molar-refractivity contribution in [2.75, 3.05) is 7.11 Å². The summed E-state index contributed by atoms with van der Waals surface area (Å²) in [7, 11) is 1.66. The standard InChI is InChI=1S/C28H30N6O2S/c1-4-26(27-30-31-32-34(27)16-20-8-11-23(36-3)12-9-20)33(18-24-6-5-13-37-24)17-22-15-21-10-7-19(2)14-25(21)29-28(22)35/h5-15,26H,4,16-18H2,1-3H3,(H,29,35). The number of aromatic amines is 1. The third-order valence-corrected chi connectivity index (χ3v) is 7.43. The molecular formula is C28H30N6O2S. The molecule has 0 bridgehead atoms. The first-order valence-electron chi connectivity index (χ1n) is 12.3. The van der Waals surface area contributed by atoms with Gasteiger partial charge in [0.1, 0.15) is 5.75 Å². The lowest BCUT2D eigenvalue weighted by Gasteiger charge is -2.30. The zero-order chi connectivity index (χ0) is 25.8. The molecule has 0 radical (unpaired) electrons. The SMILES string of the molecule is CCC(c1nnnn1Cc1ccc(OC)cc1)N(Cc1cccs1)Cc1cc2ccc(C)cc2[nH]c1=O. The Morgan fingerprint density at radius 1 is 1.11 bits per heavy atom. The van der Waals surface area contributed by atoms with Gasteiger partial charge in [0.05, 0.1) is 19.7 Å². The van der Waals surface area contributed by atoms with Crippen LogP contribution in [0.2, 0.25) is 0 Å². The van der Waals surface area contributed by atoms with Crippen molar-refractivity contribution in [3.05, 3.63) is 104 Å². The van der Waals surface area contributed by atoms with Crippen LogP contribution in [0.15, 0.2) is 70.8 Å². The fourth-order valence-corrected chi connectivity index (χ4v) is 5.38. The Bertz CT molecular complexity index is 1520. The molecule has 0 aliphatic heterocycles. The van der Waals surface area contributed by atoms with Crippen molar-refractivity contribution in [2.24, 2.45) is 0 Å². The van der Waals surface area contributed by atoms with E-state index in [2.05, 4.69) is 62.0 Å². The van der Waals surface area contributed by atoms with E-state index in [-0.39, 0.29) is 11.6 Å². The van der Waals surface area contributed by atoms with Gasteiger partial charge < -0.3 is 9.72 Å². The normalized spacial score (nSPS) is 12.3. The van der Waals surface area contributed by atoms with Crippen LogP contribution in [0.3, 0.4) is 0 Å². The van der Waals surface area contributed by atoms with Crippen LogP contribution in [0.4, 0.5) is 0 Å². The number of aromatic nitrogens is 5. The Hall–Kier alpha value is -3.82. The van der Waals surface area contributed by atoms with E-state index in [9.17, 15) is 4.79 Å². The second-order valence-electron chi connectivity index (χ2n) is 9.17. The molecule has 8 nitrogen and oxygen atoms in total. The summed E-state index contributed by atoms with van der Waals surface area (Å²) in [5, 5.41) is 15.9. The zero-order valence-corrected chi connectivity index (χ0v) is 22.0. The molecule has 0 aliphatic carbocycles. The van der Waals surface area contributed by atoms with E-state index in [0.29, 0.717) is 19.6 Å². The first kappa shape index (κ1) is 24.9. The molecule has 1 atom stereocenters. The summed E-state index contributed by atoms with van der Waals surface area (Å²) in [6.07, 6.45) is 0.791. The predicted molar refractivity (Wildman–Crippen MR) is 146 cm³/mol. The van der Waals surface area contributed by atoms with Gasteiger partial charge in [-0.15, -0.1) is 16.4 Å². The van der Waals surface area contributed by atoms with Crippen molar-refractivity contribution in [1.82, 2.24) is 30.1 Å². The minimum atomic E-state index is -0.0801. The molecule has 0 saturated carbocycles. The van der Waals surface area contributed by atoms with Crippen molar-refractivity contribution in [1.29, 1.82) is 0 Å². The first-order chi connectivity index (χ1) is 18.0. The molecule has 0 saturated heterocycles. The van der Waals surface area contributed by atoms with Gasteiger partial charge in [-0.25, -0.2) is 4.68 Å². The molecule has 5 aromatic rings. The molecule has 9 heteroatoms. The van der Waals surface area contributed by atoms with Crippen molar-refractivity contribution in [3.63, 3.8) is 0 Å². The van der Waals surface area contributed by atoms with Gasteiger partial charge in [-0.2, -0.15) is 0 Å². The number of benzene rings is 2. The highest BCUT2D eigenvalue weighted by atomic mass is 32.1. The third-order valence-electron chi connectivity index (χ3n) is 6.57. The summed E-state index contributed by atoms with van der Waals surface area (Å²) < 4.78 is 7.13. The maximum absolute atomic E-state index is 13.1. The number of nitrogens with one attached hydrogen (secondary N) is 1. The Kier molecular flexibility index (Phi) is 7.43. The number of rotatable bonds is 10. The molecule has 1 unspecified atom stereocenters. The number of fused-ring (bicyclic) bond motifs is 1. The average Bonchev–Trinajstić information content (AvgIpc) is 3.58. The molecule has 0 aliphatic rings. The van der Waals surface area contributed by atoms with E-state index in [1.807, 2.05) is 48.0 Å². The quantitative estimate of drug-likeness (QED) is 0.279. The maximum atomic E-state index is 13.1. The van der Waals surface area contributed by atoms with Gasteiger partial charge in [-0.05, 0) is 76.0 Å². The van der Waals surface area contributed by atoms with Crippen LogP contribution < -0.4 is 10.3 Å². The van der Waals surface area contributed by atoms with Crippen LogP contribution >= 0.6 is 11.3 Å². The minimum absolute atomic E-state index is 0.0676. The van der Waals surface area contributed by atoms with Crippen molar-refractivity contribution in [2.45, 2.75) is 45.9 Å². The summed E-state index contributed by atoms with van der Waals surface area (Å²) in [5.74, 6) is 1.59. The molecule has 190 valence electrons. The summed E-state index contributed by atoms with van der Waals surface area (Å²) in [6, 6.07) is 20.1. The molecule has 0 amide bonds. The molecule has 37 heavy (non-hydrogen) atoms. The number of aryl methyl sites for hydroxylation is 1. The van der Waals surface area contributed by atoms with E-state index in [1.54, 1.807) is 18.4 Å². The van der Waals surface area contributed by atoms with Gasteiger partial charge in [-0.1, -0.05) is 37.3 Å². The average molecular weight is 515 g/mol. The van der Waals surface area contributed by atoms with E-state index in [1.165, 1.54) is 4.88 Å². The summed E-state index contributed by atoms with van der Waals surface area (Å²) >= 11 is 1.71. The molecule has 0 fully saturated rings. The highest BCUT2D eigenvalue weighted by Gasteiger charge is 2.26. The Morgan fingerprint density at radius 2 is 1.95 bits per heavy atom. The second-order valence-corrected chi connectivity index (χ2v) is 10.2. The fourth-order valence-electron chi connectivity index (χ4n) is 4.65. The molecule has 0 spiro atoms. The number of nitrogens with zero attached hydrogens (tertiary/aromatic N) is 5. The topological polar surface area (TPSA) is 88.9 Å². The summed E-state index contributed by atoms with van der Waals surface area (Å²) in [5.41, 5.74) is 3.71. The molecule has 3 aromatic heterocycles.